The molecule has 0 heterocycles. The summed E-state index contributed by atoms with van der Waals surface area (Å²) in [6.45, 7) is 4.06. The Kier molecular flexibility index (Phi) is 6.77. The summed E-state index contributed by atoms with van der Waals surface area (Å²) in [5, 5.41) is 0. The van der Waals surface area contributed by atoms with Gasteiger partial charge in [-0.1, -0.05) is 19.8 Å². The predicted octanol–water partition coefficient (Wildman–Crippen LogP) is 3.25. The molecule has 0 aliphatic heterocycles. The van der Waals surface area contributed by atoms with Crippen molar-refractivity contribution >= 4 is 11.8 Å². The van der Waals surface area contributed by atoms with Crippen LogP contribution in [0, 0.1) is 5.92 Å². The van der Waals surface area contributed by atoms with E-state index in [4.69, 9.17) is 9.47 Å². The fourth-order valence-electron chi connectivity index (χ4n) is 1.96. The Morgan fingerprint density at radius 1 is 1.15 bits per heavy atom. The molecule has 0 saturated carbocycles. The first-order chi connectivity index (χ1) is 9.63. The average molecular weight is 278 g/mol. The van der Waals surface area contributed by atoms with Gasteiger partial charge in [0.25, 0.3) is 0 Å². The molecular formula is C16H22O4. The fourth-order valence-corrected chi connectivity index (χ4v) is 1.96. The van der Waals surface area contributed by atoms with Crippen LogP contribution < -0.4 is 4.74 Å². The number of esters is 1. The van der Waals surface area contributed by atoms with Crippen LogP contribution in [0.2, 0.25) is 0 Å². The van der Waals surface area contributed by atoms with Crippen LogP contribution in [0.3, 0.4) is 0 Å². The van der Waals surface area contributed by atoms with Crippen molar-refractivity contribution in [1.82, 2.24) is 0 Å². The molecule has 0 radical (unpaired) electrons. The lowest BCUT2D eigenvalue weighted by Gasteiger charge is -2.14. The van der Waals surface area contributed by atoms with Crippen LogP contribution in [0.1, 0.15) is 43.5 Å². The van der Waals surface area contributed by atoms with Gasteiger partial charge in [-0.15, -0.1) is 0 Å². The lowest BCUT2D eigenvalue weighted by atomic mass is 9.92. The number of hydrogen-bond donors (Lipinski definition) is 0. The monoisotopic (exact) mass is 278 g/mol. The van der Waals surface area contributed by atoms with E-state index in [9.17, 15) is 9.59 Å². The molecule has 110 valence electrons. The van der Waals surface area contributed by atoms with E-state index < -0.39 is 11.9 Å². The quantitative estimate of drug-likeness (QED) is 0.416. The Hall–Kier alpha value is -1.84. The van der Waals surface area contributed by atoms with Gasteiger partial charge < -0.3 is 9.47 Å². The zero-order valence-electron chi connectivity index (χ0n) is 12.3. The maximum Gasteiger partial charge on any atom is 0.316 e. The Morgan fingerprint density at radius 2 is 1.80 bits per heavy atom. The van der Waals surface area contributed by atoms with Gasteiger partial charge in [-0.3, -0.25) is 9.59 Å². The highest BCUT2D eigenvalue weighted by Crippen LogP contribution is 2.19. The van der Waals surface area contributed by atoms with Crippen molar-refractivity contribution in [2.45, 2.75) is 33.1 Å². The van der Waals surface area contributed by atoms with E-state index in [1.54, 1.807) is 38.3 Å². The number of carbonyl (C=O) groups excluding carboxylic acids is 2. The largest absolute Gasteiger partial charge is 0.497 e. The van der Waals surface area contributed by atoms with Gasteiger partial charge >= 0.3 is 5.97 Å². The third kappa shape index (κ3) is 4.37. The highest BCUT2D eigenvalue weighted by Gasteiger charge is 2.28. The molecule has 1 aromatic carbocycles. The summed E-state index contributed by atoms with van der Waals surface area (Å²) in [7, 11) is 1.57. The molecule has 0 N–H and O–H groups in total. The normalized spacial score (nSPS) is 11.8. The van der Waals surface area contributed by atoms with Gasteiger partial charge in [-0.2, -0.15) is 0 Å². The standard InChI is InChI=1S/C16H22O4/c1-4-6-7-14(16(18)20-5-2)15(17)12-8-10-13(19-3)11-9-12/h8-11,14H,4-7H2,1-3H3. The molecule has 0 aliphatic rings. The maximum absolute atomic E-state index is 12.4. The molecule has 1 unspecified atom stereocenters. The van der Waals surface area contributed by atoms with E-state index >= 15 is 0 Å². The molecular weight excluding hydrogens is 256 g/mol. The molecule has 0 fully saturated rings. The van der Waals surface area contributed by atoms with Gasteiger partial charge in [-0.05, 0) is 37.6 Å². The zero-order valence-corrected chi connectivity index (χ0v) is 12.3. The van der Waals surface area contributed by atoms with Gasteiger partial charge in [0.1, 0.15) is 11.7 Å². The molecule has 0 amide bonds. The smallest absolute Gasteiger partial charge is 0.316 e. The van der Waals surface area contributed by atoms with Gasteiger partial charge in [0.15, 0.2) is 5.78 Å². The molecule has 0 aliphatic carbocycles. The second-order valence-electron chi connectivity index (χ2n) is 4.54. The number of ketones is 1. The molecule has 0 bridgehead atoms. The minimum absolute atomic E-state index is 0.181. The summed E-state index contributed by atoms with van der Waals surface area (Å²) < 4.78 is 10.1. The van der Waals surface area contributed by atoms with Crippen LogP contribution in [-0.2, 0) is 9.53 Å². The van der Waals surface area contributed by atoms with Crippen molar-refractivity contribution < 1.29 is 19.1 Å². The molecule has 1 atom stereocenters. The summed E-state index contributed by atoms with van der Waals surface area (Å²) in [6, 6.07) is 6.79. The van der Waals surface area contributed by atoms with Crippen LogP contribution in [0.25, 0.3) is 0 Å². The number of carbonyl (C=O) groups is 2. The van der Waals surface area contributed by atoms with Crippen LogP contribution >= 0.6 is 0 Å². The molecule has 1 aromatic rings. The molecule has 0 saturated heterocycles. The van der Waals surface area contributed by atoms with Gasteiger partial charge in [0, 0.05) is 5.56 Å². The van der Waals surface area contributed by atoms with E-state index in [2.05, 4.69) is 0 Å². The lowest BCUT2D eigenvalue weighted by molar-refractivity contribution is -0.146. The van der Waals surface area contributed by atoms with Crippen LogP contribution in [-0.4, -0.2) is 25.5 Å². The number of Topliss-reactive ketones (excluding diaryl/α,β-unsaturated/α-hetero) is 1. The first kappa shape index (κ1) is 16.2. The van der Waals surface area contributed by atoms with Gasteiger partial charge in [0.05, 0.1) is 13.7 Å². The van der Waals surface area contributed by atoms with Crippen LogP contribution in [0.5, 0.6) is 5.75 Å². The maximum atomic E-state index is 12.4. The second-order valence-corrected chi connectivity index (χ2v) is 4.54. The molecule has 20 heavy (non-hydrogen) atoms. The summed E-state index contributed by atoms with van der Waals surface area (Å²) in [4.78, 5) is 24.3. The first-order valence-corrected chi connectivity index (χ1v) is 6.98. The summed E-state index contributed by atoms with van der Waals surface area (Å²) in [6.07, 6.45) is 2.29. The minimum atomic E-state index is -0.705. The van der Waals surface area contributed by atoms with Crippen molar-refractivity contribution in [1.29, 1.82) is 0 Å². The highest BCUT2D eigenvalue weighted by atomic mass is 16.5. The second kappa shape index (κ2) is 8.35. The fraction of sp³-hybridized carbons (Fsp3) is 0.500. The van der Waals surface area contributed by atoms with Crippen LogP contribution in [0.4, 0.5) is 0 Å². The predicted molar refractivity (Wildman–Crippen MR) is 77.0 cm³/mol. The number of benzene rings is 1. The van der Waals surface area contributed by atoms with E-state index in [1.165, 1.54) is 0 Å². The summed E-state index contributed by atoms with van der Waals surface area (Å²) in [5.74, 6) is -0.632. The summed E-state index contributed by atoms with van der Waals surface area (Å²) >= 11 is 0. The topological polar surface area (TPSA) is 52.6 Å². The number of ether oxygens (including phenoxy) is 2. The average Bonchev–Trinajstić information content (AvgIpc) is 2.48. The minimum Gasteiger partial charge on any atom is -0.497 e. The third-order valence-corrected chi connectivity index (χ3v) is 3.11. The Labute approximate surface area is 120 Å². The zero-order chi connectivity index (χ0) is 15.0. The highest BCUT2D eigenvalue weighted by molar-refractivity contribution is 6.08. The number of rotatable bonds is 8. The molecule has 1 rings (SSSR count). The Morgan fingerprint density at radius 3 is 2.30 bits per heavy atom. The Bertz CT molecular complexity index is 436. The molecule has 4 heteroatoms. The number of methoxy groups -OCH3 is 1. The molecule has 4 nitrogen and oxygen atoms in total. The van der Waals surface area contributed by atoms with Crippen molar-refractivity contribution in [2.75, 3.05) is 13.7 Å². The van der Waals surface area contributed by atoms with E-state index in [0.29, 0.717) is 17.7 Å². The van der Waals surface area contributed by atoms with Crippen molar-refractivity contribution in [3.8, 4) is 5.75 Å². The van der Waals surface area contributed by atoms with Crippen molar-refractivity contribution in [2.24, 2.45) is 5.92 Å². The van der Waals surface area contributed by atoms with Crippen molar-refractivity contribution in [3.05, 3.63) is 29.8 Å². The third-order valence-electron chi connectivity index (χ3n) is 3.11. The van der Waals surface area contributed by atoms with E-state index in [-0.39, 0.29) is 12.4 Å². The first-order valence-electron chi connectivity index (χ1n) is 6.98. The van der Waals surface area contributed by atoms with E-state index in [1.807, 2.05) is 6.92 Å². The van der Waals surface area contributed by atoms with Crippen molar-refractivity contribution in [3.63, 3.8) is 0 Å². The Balaban J connectivity index is 2.87. The van der Waals surface area contributed by atoms with E-state index in [0.717, 1.165) is 12.8 Å². The van der Waals surface area contributed by atoms with Gasteiger partial charge in [-0.25, -0.2) is 0 Å². The molecule has 0 aromatic heterocycles. The number of hydrogen-bond acceptors (Lipinski definition) is 4. The van der Waals surface area contributed by atoms with Crippen LogP contribution in [0.15, 0.2) is 24.3 Å². The SMILES string of the molecule is CCCCC(C(=O)OCC)C(=O)c1ccc(OC)cc1. The molecule has 0 spiro atoms. The summed E-state index contributed by atoms with van der Waals surface area (Å²) in [5.41, 5.74) is 0.514. The lowest BCUT2D eigenvalue weighted by Crippen LogP contribution is -2.26. The number of unbranched alkanes of at least 4 members (excludes halogenated alkanes) is 1. The van der Waals surface area contributed by atoms with Gasteiger partial charge in [0.2, 0.25) is 0 Å².